The molecule has 5 fully saturated rings. The zero-order valence-corrected chi connectivity index (χ0v) is 20.5. The van der Waals surface area contributed by atoms with Crippen molar-refractivity contribution in [2.45, 2.75) is 58.4 Å². The van der Waals surface area contributed by atoms with Crippen LogP contribution in [-0.2, 0) is 9.53 Å². The fraction of sp³-hybridized carbons (Fsp3) is 0.704. The molecule has 0 radical (unpaired) electrons. The van der Waals surface area contributed by atoms with Crippen LogP contribution in [0, 0.1) is 23.2 Å². The summed E-state index contributed by atoms with van der Waals surface area (Å²) in [4.78, 5) is 27.4. The highest BCUT2D eigenvalue weighted by molar-refractivity contribution is 5.95. The van der Waals surface area contributed by atoms with Gasteiger partial charge in [0.1, 0.15) is 0 Å². The van der Waals surface area contributed by atoms with Gasteiger partial charge in [0.2, 0.25) is 0 Å². The Labute approximate surface area is 202 Å². The van der Waals surface area contributed by atoms with E-state index in [1.54, 1.807) is 23.1 Å². The summed E-state index contributed by atoms with van der Waals surface area (Å²) < 4.78 is 16.9. The van der Waals surface area contributed by atoms with E-state index in [4.69, 9.17) is 14.2 Å². The molecule has 4 saturated carbocycles. The van der Waals surface area contributed by atoms with E-state index in [1.165, 1.54) is 38.5 Å². The van der Waals surface area contributed by atoms with Gasteiger partial charge in [0.05, 0.1) is 19.8 Å². The molecule has 1 saturated heterocycles. The molecular formula is C27H38N2O5. The summed E-state index contributed by atoms with van der Waals surface area (Å²) >= 11 is 0. The van der Waals surface area contributed by atoms with Crippen LogP contribution in [0.25, 0.3) is 0 Å². The summed E-state index contributed by atoms with van der Waals surface area (Å²) in [5.74, 6) is 3.39. The van der Waals surface area contributed by atoms with Gasteiger partial charge in [-0.15, -0.1) is 0 Å². The highest BCUT2D eigenvalue weighted by Gasteiger charge is 2.53. The van der Waals surface area contributed by atoms with Crippen LogP contribution < -0.4 is 14.8 Å². The number of hydrogen-bond acceptors (Lipinski definition) is 5. The molecule has 4 aliphatic carbocycles. The molecule has 1 atom stereocenters. The lowest BCUT2D eigenvalue weighted by Crippen LogP contribution is -2.55. The average Bonchev–Trinajstić information content (AvgIpc) is 2.83. The van der Waals surface area contributed by atoms with Gasteiger partial charge >= 0.3 is 0 Å². The predicted molar refractivity (Wildman–Crippen MR) is 128 cm³/mol. The Hall–Kier alpha value is -2.28. The third-order valence-corrected chi connectivity index (χ3v) is 8.57. The van der Waals surface area contributed by atoms with Crippen molar-refractivity contribution in [3.8, 4) is 11.5 Å². The number of morpholine rings is 1. The Bertz CT molecular complexity index is 875. The molecule has 1 heterocycles. The molecule has 1 aromatic carbocycles. The van der Waals surface area contributed by atoms with Crippen LogP contribution in [0.2, 0.25) is 0 Å². The van der Waals surface area contributed by atoms with Crippen molar-refractivity contribution < 1.29 is 23.8 Å². The van der Waals surface area contributed by atoms with Crippen LogP contribution in [0.5, 0.6) is 11.5 Å². The first-order valence-electron chi connectivity index (χ1n) is 13.0. The third-order valence-electron chi connectivity index (χ3n) is 8.57. The lowest BCUT2D eigenvalue weighted by Gasteiger charge is -2.59. The number of carbonyl (C=O) groups excluding carboxylic acids is 2. The summed E-state index contributed by atoms with van der Waals surface area (Å²) in [6, 6.07) is 5.39. The summed E-state index contributed by atoms with van der Waals surface area (Å²) in [7, 11) is 0. The van der Waals surface area contributed by atoms with Crippen molar-refractivity contribution in [3.63, 3.8) is 0 Å². The second-order valence-electron chi connectivity index (χ2n) is 10.9. The van der Waals surface area contributed by atoms with E-state index in [9.17, 15) is 9.59 Å². The molecule has 1 unspecified atom stereocenters. The molecule has 1 aliphatic heterocycles. The maximum atomic E-state index is 13.2. The number of rotatable bonds is 8. The minimum Gasteiger partial charge on any atom is -0.490 e. The number of carbonyl (C=O) groups is 2. The minimum atomic E-state index is -0.0723. The second kappa shape index (κ2) is 9.76. The summed E-state index contributed by atoms with van der Waals surface area (Å²) in [6.07, 6.45) is 7.96. The standard InChI is InChI=1S/C27H38N2O5/c1-3-33-24-13-22(4-5-23(24)34-17-25(30)29-6-8-32-9-7-29)26(31)28-18(2)27-14-19-10-20(15-27)12-21(11-19)16-27/h4-5,13,18-21H,3,6-12,14-17H2,1-2H3,(H,28,31). The first-order chi connectivity index (χ1) is 16.5. The van der Waals surface area contributed by atoms with Gasteiger partial charge in [0.25, 0.3) is 11.8 Å². The molecule has 186 valence electrons. The number of benzene rings is 1. The average molecular weight is 471 g/mol. The zero-order chi connectivity index (χ0) is 23.7. The van der Waals surface area contributed by atoms with Gasteiger partial charge in [-0.1, -0.05) is 0 Å². The second-order valence-corrected chi connectivity index (χ2v) is 10.9. The van der Waals surface area contributed by atoms with Crippen LogP contribution in [-0.4, -0.2) is 62.3 Å². The molecule has 1 aromatic rings. The zero-order valence-electron chi connectivity index (χ0n) is 20.5. The van der Waals surface area contributed by atoms with Crippen molar-refractivity contribution in [2.75, 3.05) is 39.5 Å². The summed E-state index contributed by atoms with van der Waals surface area (Å²) in [5, 5.41) is 3.33. The molecule has 2 amide bonds. The Morgan fingerprint density at radius 3 is 2.32 bits per heavy atom. The highest BCUT2D eigenvalue weighted by Crippen LogP contribution is 2.61. The van der Waals surface area contributed by atoms with Crippen molar-refractivity contribution >= 4 is 11.8 Å². The van der Waals surface area contributed by atoms with Gasteiger partial charge in [-0.3, -0.25) is 9.59 Å². The van der Waals surface area contributed by atoms with Gasteiger partial charge in [-0.05, 0) is 93.7 Å². The maximum absolute atomic E-state index is 13.2. The Kier molecular flexibility index (Phi) is 6.74. The van der Waals surface area contributed by atoms with Crippen LogP contribution >= 0.6 is 0 Å². The number of hydrogen-bond donors (Lipinski definition) is 1. The quantitative estimate of drug-likeness (QED) is 0.628. The molecule has 1 N–H and O–H groups in total. The van der Waals surface area contributed by atoms with E-state index < -0.39 is 0 Å². The monoisotopic (exact) mass is 470 g/mol. The van der Waals surface area contributed by atoms with Crippen molar-refractivity contribution in [1.82, 2.24) is 10.2 Å². The van der Waals surface area contributed by atoms with E-state index in [0.717, 1.165) is 17.8 Å². The maximum Gasteiger partial charge on any atom is 0.260 e. The van der Waals surface area contributed by atoms with Gasteiger partial charge in [-0.2, -0.15) is 0 Å². The topological polar surface area (TPSA) is 77.1 Å². The van der Waals surface area contributed by atoms with E-state index in [2.05, 4.69) is 12.2 Å². The van der Waals surface area contributed by atoms with E-state index >= 15 is 0 Å². The molecule has 5 aliphatic rings. The normalized spacial score (nSPS) is 30.6. The van der Waals surface area contributed by atoms with Crippen LogP contribution in [0.4, 0.5) is 0 Å². The van der Waals surface area contributed by atoms with Crippen LogP contribution in [0.3, 0.4) is 0 Å². The van der Waals surface area contributed by atoms with Gasteiger partial charge in [-0.25, -0.2) is 0 Å². The number of ether oxygens (including phenoxy) is 3. The molecule has 7 nitrogen and oxygen atoms in total. The molecule has 6 rings (SSSR count). The minimum absolute atomic E-state index is 0.0608. The van der Waals surface area contributed by atoms with E-state index in [0.29, 0.717) is 50.0 Å². The number of amides is 2. The fourth-order valence-corrected chi connectivity index (χ4v) is 7.22. The Balaban J connectivity index is 1.23. The molecule has 7 heteroatoms. The number of nitrogens with zero attached hydrogens (tertiary/aromatic N) is 1. The van der Waals surface area contributed by atoms with Crippen molar-refractivity contribution in [1.29, 1.82) is 0 Å². The SMILES string of the molecule is CCOc1cc(C(=O)NC(C)C23CC4CC(CC(C4)C2)C3)ccc1OCC(=O)N1CCOCC1. The van der Waals surface area contributed by atoms with E-state index in [-0.39, 0.29) is 29.9 Å². The Morgan fingerprint density at radius 1 is 1.06 bits per heavy atom. The highest BCUT2D eigenvalue weighted by atomic mass is 16.5. The summed E-state index contributed by atoms with van der Waals surface area (Å²) in [6.45, 7) is 6.76. The first kappa shape index (κ1) is 23.5. The van der Waals surface area contributed by atoms with Crippen molar-refractivity contribution in [2.24, 2.45) is 23.2 Å². The first-order valence-corrected chi connectivity index (χ1v) is 13.0. The third kappa shape index (κ3) is 4.77. The van der Waals surface area contributed by atoms with Gasteiger partial charge < -0.3 is 24.4 Å². The molecule has 34 heavy (non-hydrogen) atoms. The molecule has 0 spiro atoms. The smallest absolute Gasteiger partial charge is 0.260 e. The molecular weight excluding hydrogens is 432 g/mol. The fourth-order valence-electron chi connectivity index (χ4n) is 7.22. The van der Waals surface area contributed by atoms with Crippen LogP contribution in [0.15, 0.2) is 18.2 Å². The van der Waals surface area contributed by atoms with E-state index in [1.807, 2.05) is 6.92 Å². The number of nitrogens with one attached hydrogen (secondary N) is 1. The van der Waals surface area contributed by atoms with Crippen molar-refractivity contribution in [3.05, 3.63) is 23.8 Å². The predicted octanol–water partition coefficient (Wildman–Crippen LogP) is 3.66. The Morgan fingerprint density at radius 2 is 1.71 bits per heavy atom. The van der Waals surface area contributed by atoms with Gasteiger partial charge in [0, 0.05) is 24.7 Å². The van der Waals surface area contributed by atoms with Gasteiger partial charge in [0.15, 0.2) is 18.1 Å². The lowest BCUT2D eigenvalue weighted by molar-refractivity contribution is -0.137. The lowest BCUT2D eigenvalue weighted by atomic mass is 9.48. The largest absolute Gasteiger partial charge is 0.490 e. The summed E-state index contributed by atoms with van der Waals surface area (Å²) in [5.41, 5.74) is 0.822. The molecule has 0 aromatic heterocycles. The van der Waals surface area contributed by atoms with Crippen LogP contribution in [0.1, 0.15) is 62.7 Å². The molecule has 4 bridgehead atoms.